The van der Waals surface area contributed by atoms with E-state index in [9.17, 15) is 24.6 Å². The van der Waals surface area contributed by atoms with Crippen LogP contribution in [0.1, 0.15) is 42.2 Å². The van der Waals surface area contributed by atoms with Gasteiger partial charge in [0.25, 0.3) is 11.8 Å². The first-order chi connectivity index (χ1) is 32.6. The van der Waals surface area contributed by atoms with E-state index in [0.717, 1.165) is 27.4 Å². The minimum atomic E-state index is -0.584. The number of aromatic amines is 1. The highest BCUT2D eigenvalue weighted by molar-refractivity contribution is 6.34. The van der Waals surface area contributed by atoms with Gasteiger partial charge in [-0.15, -0.1) is 10.2 Å². The number of rotatable bonds is 8. The maximum atomic E-state index is 14.1. The quantitative estimate of drug-likeness (QED) is 0.0950. The van der Waals surface area contributed by atoms with Gasteiger partial charge in [0, 0.05) is 43.9 Å². The van der Waals surface area contributed by atoms with Crippen molar-refractivity contribution < 1.29 is 24.6 Å². The van der Waals surface area contributed by atoms with Crippen molar-refractivity contribution in [2.45, 2.75) is 6.92 Å². The van der Waals surface area contributed by atoms with Crippen LogP contribution in [0.15, 0.2) is 178 Å². The van der Waals surface area contributed by atoms with Gasteiger partial charge in [-0.2, -0.15) is 10.2 Å². The number of benzene rings is 9. The number of hydrogen-bond acceptors (Lipinski definition) is 9. The minimum Gasteiger partial charge on any atom is -0.505 e. The second-order valence-electron chi connectivity index (χ2n) is 16.1. The van der Waals surface area contributed by atoms with Crippen LogP contribution in [-0.4, -0.2) is 32.8 Å². The predicted octanol–water partition coefficient (Wildman–Crippen LogP) is 14.5. The molecule has 1 aliphatic rings. The Labute approximate surface area is 385 Å². The van der Waals surface area contributed by atoms with Gasteiger partial charge in [-0.05, 0) is 95.1 Å². The molecule has 2 amide bonds. The van der Waals surface area contributed by atoms with Crippen molar-refractivity contribution in [2.75, 3.05) is 10.6 Å². The summed E-state index contributed by atoms with van der Waals surface area (Å²) < 4.78 is 0. The van der Waals surface area contributed by atoms with E-state index in [-0.39, 0.29) is 39.8 Å². The van der Waals surface area contributed by atoms with Crippen LogP contribution in [0.25, 0.3) is 54.5 Å². The number of phenolic OH excluding ortho intramolecular Hbond substituents is 2. The molecule has 12 nitrogen and oxygen atoms in total. The Hall–Kier alpha value is -9.00. The molecule has 0 unspecified atom stereocenters. The molecule has 1 heterocycles. The topological polar surface area (TPSA) is 181 Å². The van der Waals surface area contributed by atoms with Crippen molar-refractivity contribution in [2.24, 2.45) is 20.5 Å². The number of aromatic hydroxyl groups is 2. The monoisotopic (exact) mass is 895 g/mol. The molecule has 0 aliphatic heterocycles. The Morgan fingerprint density at radius 3 is 1.81 bits per heavy atom. The van der Waals surface area contributed by atoms with Crippen molar-refractivity contribution in [3.63, 3.8) is 0 Å². The summed E-state index contributed by atoms with van der Waals surface area (Å²) in [6.45, 7) is 1.88. The second kappa shape index (κ2) is 16.2. The number of phenols is 2. The smallest absolute Gasteiger partial charge is 0.259 e. The minimum absolute atomic E-state index is 0.0164. The van der Waals surface area contributed by atoms with Gasteiger partial charge < -0.3 is 25.8 Å². The molecule has 1 aliphatic carbocycles. The number of ketones is 1. The Kier molecular flexibility index (Phi) is 9.86. The lowest BCUT2D eigenvalue weighted by molar-refractivity contribution is 0.101. The fourth-order valence-electron chi connectivity index (χ4n) is 8.69. The number of hydrogen-bond donors (Lipinski definition) is 5. The maximum absolute atomic E-state index is 14.1. The number of azo groups is 2. The maximum Gasteiger partial charge on any atom is 0.259 e. The molecule has 0 radical (unpaired) electrons. The molecule has 0 saturated carbocycles. The van der Waals surface area contributed by atoms with E-state index >= 15 is 0 Å². The van der Waals surface area contributed by atoms with E-state index in [1.165, 1.54) is 0 Å². The number of amides is 2. The van der Waals surface area contributed by atoms with Crippen molar-refractivity contribution in [3.8, 4) is 22.6 Å². The molecule has 0 bridgehead atoms. The largest absolute Gasteiger partial charge is 0.505 e. The molecule has 13 heteroatoms. The zero-order valence-corrected chi connectivity index (χ0v) is 36.1. The van der Waals surface area contributed by atoms with Crippen LogP contribution in [-0.2, 0) is 0 Å². The van der Waals surface area contributed by atoms with Gasteiger partial charge in [-0.3, -0.25) is 14.4 Å². The van der Waals surface area contributed by atoms with Gasteiger partial charge in [0.15, 0.2) is 17.3 Å². The zero-order chi connectivity index (χ0) is 45.9. The molecule has 0 spiro atoms. The number of carbonyl (C=O) groups is 3. The highest BCUT2D eigenvalue weighted by Crippen LogP contribution is 2.46. The molecule has 322 valence electrons. The van der Waals surface area contributed by atoms with Gasteiger partial charge >= 0.3 is 0 Å². The number of aryl methyl sites for hydroxylation is 1. The summed E-state index contributed by atoms with van der Waals surface area (Å²) in [5.74, 6) is -2.10. The van der Waals surface area contributed by atoms with Gasteiger partial charge in [-0.25, -0.2) is 0 Å². The lowest BCUT2D eigenvalue weighted by atomic mass is 10.00. The van der Waals surface area contributed by atoms with E-state index in [4.69, 9.17) is 11.6 Å². The Morgan fingerprint density at radius 1 is 0.537 bits per heavy atom. The predicted molar refractivity (Wildman–Crippen MR) is 263 cm³/mol. The average Bonchev–Trinajstić information content (AvgIpc) is 3.86. The number of fused-ring (bicyclic) bond motifs is 9. The number of nitrogens with zero attached hydrogens (tertiary/aromatic N) is 4. The van der Waals surface area contributed by atoms with Crippen LogP contribution in [0.3, 0.4) is 0 Å². The first kappa shape index (κ1) is 40.8. The summed E-state index contributed by atoms with van der Waals surface area (Å²) in [6.07, 6.45) is 0. The first-order valence-electron chi connectivity index (χ1n) is 21.1. The van der Waals surface area contributed by atoms with Crippen LogP contribution in [0.5, 0.6) is 11.5 Å². The Morgan fingerprint density at radius 2 is 1.10 bits per heavy atom. The SMILES string of the molecule is Cc1ccccc1NC(=O)c1cc2ccc3c4ccccc4[nH]c3c2c(N=Nc2ccc3c(c2)C(=O)c2cc(N=Nc4c(O)c(C(=O)Nc5ccccc5Cl)cc5ccccc45)ccc2-3)c1O. The third-order valence-electron chi connectivity index (χ3n) is 12.0. The van der Waals surface area contributed by atoms with E-state index in [1.54, 1.807) is 97.1 Å². The molecule has 1 aromatic heterocycles. The van der Waals surface area contributed by atoms with Crippen molar-refractivity contribution >= 4 is 107 Å². The number of anilines is 2. The first-order valence-corrected chi connectivity index (χ1v) is 21.5. The molecular weight excluding hydrogens is 862 g/mol. The number of carbonyl (C=O) groups excluding carboxylic acids is 3. The lowest BCUT2D eigenvalue weighted by Crippen LogP contribution is -2.13. The number of nitrogens with one attached hydrogen (secondary N) is 3. The standard InChI is InChI=1S/C54H34ClN7O5/c1-28-10-2-7-15-43(28)57-53(66)41-25-30-18-21-37-36-13-5-8-16-44(36)56-47(37)46(30)49(52(41)65)62-60-32-20-23-35-34-22-19-31(26-38(34)50(63)39(35)27-32)59-61-48-33-12-4-3-11-29(33)24-40(51(48)64)54(67)58-45-17-9-6-14-42(45)55/h2-27,56,64-65H,1H3,(H,57,66)(H,58,67). The molecule has 0 atom stereocenters. The van der Waals surface area contributed by atoms with Gasteiger partial charge in [-0.1, -0.05) is 109 Å². The molecule has 0 saturated heterocycles. The molecule has 11 rings (SSSR count). The summed E-state index contributed by atoms with van der Waals surface area (Å²) in [6, 6.07) is 46.6. The van der Waals surface area contributed by atoms with Crippen LogP contribution < -0.4 is 10.6 Å². The van der Waals surface area contributed by atoms with E-state index < -0.39 is 11.8 Å². The zero-order valence-electron chi connectivity index (χ0n) is 35.3. The van der Waals surface area contributed by atoms with Crippen LogP contribution in [0, 0.1) is 6.92 Å². The number of para-hydroxylation sites is 3. The van der Waals surface area contributed by atoms with Crippen LogP contribution in [0.4, 0.5) is 34.1 Å². The molecule has 10 aromatic rings. The Balaban J connectivity index is 0.926. The lowest BCUT2D eigenvalue weighted by Gasteiger charge is -2.13. The van der Waals surface area contributed by atoms with Crippen molar-refractivity contribution in [1.82, 2.24) is 4.98 Å². The number of aromatic nitrogens is 1. The summed E-state index contributed by atoms with van der Waals surface area (Å²) >= 11 is 6.29. The summed E-state index contributed by atoms with van der Waals surface area (Å²) in [5, 5.41) is 51.7. The molecule has 5 N–H and O–H groups in total. The highest BCUT2D eigenvalue weighted by Gasteiger charge is 2.28. The van der Waals surface area contributed by atoms with E-state index in [2.05, 4.69) is 36.1 Å². The van der Waals surface area contributed by atoms with Gasteiger partial charge in [0.05, 0.1) is 38.7 Å². The van der Waals surface area contributed by atoms with Crippen LogP contribution in [0.2, 0.25) is 5.02 Å². The molecule has 9 aromatic carbocycles. The summed E-state index contributed by atoms with van der Waals surface area (Å²) in [5.41, 5.74) is 6.45. The van der Waals surface area contributed by atoms with Crippen LogP contribution >= 0.6 is 11.6 Å². The van der Waals surface area contributed by atoms with Crippen molar-refractivity contribution in [1.29, 1.82) is 0 Å². The fourth-order valence-corrected chi connectivity index (χ4v) is 8.88. The Bertz CT molecular complexity index is 3840. The van der Waals surface area contributed by atoms with Gasteiger partial charge in [0.1, 0.15) is 11.4 Å². The summed E-state index contributed by atoms with van der Waals surface area (Å²) in [4.78, 5) is 44.8. The molecule has 67 heavy (non-hydrogen) atoms. The second-order valence-corrected chi connectivity index (χ2v) is 16.5. The summed E-state index contributed by atoms with van der Waals surface area (Å²) in [7, 11) is 0. The van der Waals surface area contributed by atoms with Gasteiger partial charge in [0.2, 0.25) is 0 Å². The average molecular weight is 896 g/mol. The number of halogens is 1. The normalized spacial score (nSPS) is 12.2. The van der Waals surface area contributed by atoms with E-state index in [0.29, 0.717) is 71.6 Å². The number of H-pyrrole nitrogens is 1. The highest BCUT2D eigenvalue weighted by atomic mass is 35.5. The third-order valence-corrected chi connectivity index (χ3v) is 12.4. The van der Waals surface area contributed by atoms with Crippen molar-refractivity contribution in [3.05, 3.63) is 191 Å². The molecular formula is C54H34ClN7O5. The fraction of sp³-hybridized carbons (Fsp3) is 0.0185. The third kappa shape index (κ3) is 7.09. The van der Waals surface area contributed by atoms with E-state index in [1.807, 2.05) is 67.6 Å². The molecule has 0 fully saturated rings.